The molecule has 0 aromatic carbocycles. The molecule has 2 atom stereocenters. The van der Waals surface area contributed by atoms with Crippen molar-refractivity contribution in [2.75, 3.05) is 5.32 Å². The molecule has 2 unspecified atom stereocenters. The number of nitrogens with one attached hydrogen (secondary N) is 2. The first-order valence-electron chi connectivity index (χ1n) is 6.82. The molecule has 0 spiro atoms. The van der Waals surface area contributed by atoms with E-state index in [9.17, 15) is 9.59 Å². The SMILES string of the molecule is CC(C)n1cc(NC(=O)NC2CCCC2C(=O)O)cn1. The lowest BCUT2D eigenvalue weighted by Crippen LogP contribution is -2.42. The summed E-state index contributed by atoms with van der Waals surface area (Å²) >= 11 is 0. The van der Waals surface area contributed by atoms with E-state index in [1.807, 2.05) is 13.8 Å². The second kappa shape index (κ2) is 5.94. The standard InChI is InChI=1S/C13H20N4O3/c1-8(2)17-7-9(6-14-17)15-13(20)16-11-5-3-4-10(11)12(18)19/h6-8,10-11H,3-5H2,1-2H3,(H,18,19)(H2,15,16,20). The van der Waals surface area contributed by atoms with E-state index in [1.165, 1.54) is 0 Å². The van der Waals surface area contributed by atoms with E-state index in [-0.39, 0.29) is 18.1 Å². The molecule has 1 heterocycles. The van der Waals surface area contributed by atoms with Crippen LogP contribution in [0.25, 0.3) is 0 Å². The van der Waals surface area contributed by atoms with Gasteiger partial charge in [-0.05, 0) is 26.7 Å². The number of aromatic nitrogens is 2. The topological polar surface area (TPSA) is 96.2 Å². The van der Waals surface area contributed by atoms with Gasteiger partial charge in [0, 0.05) is 18.3 Å². The van der Waals surface area contributed by atoms with Crippen molar-refractivity contribution in [1.29, 1.82) is 0 Å². The maximum absolute atomic E-state index is 11.9. The van der Waals surface area contributed by atoms with E-state index in [0.717, 1.165) is 6.42 Å². The molecule has 2 rings (SSSR count). The Morgan fingerprint density at radius 3 is 2.80 bits per heavy atom. The van der Waals surface area contributed by atoms with Crippen LogP contribution in [-0.4, -0.2) is 32.9 Å². The molecule has 1 fully saturated rings. The minimum Gasteiger partial charge on any atom is -0.481 e. The number of anilines is 1. The number of carbonyl (C=O) groups is 2. The summed E-state index contributed by atoms with van der Waals surface area (Å²) in [6, 6.07) is -0.459. The van der Waals surface area contributed by atoms with Gasteiger partial charge < -0.3 is 15.7 Å². The third kappa shape index (κ3) is 3.28. The molecule has 2 amide bonds. The Morgan fingerprint density at radius 2 is 2.20 bits per heavy atom. The molecule has 0 aliphatic heterocycles. The number of carbonyl (C=O) groups excluding carboxylic acids is 1. The predicted octanol–water partition coefficient (Wildman–Crippen LogP) is 1.84. The molecule has 1 aliphatic carbocycles. The van der Waals surface area contributed by atoms with Crippen molar-refractivity contribution in [2.45, 2.75) is 45.2 Å². The van der Waals surface area contributed by atoms with Crippen LogP contribution in [0.1, 0.15) is 39.2 Å². The number of urea groups is 1. The highest BCUT2D eigenvalue weighted by atomic mass is 16.4. The average Bonchev–Trinajstić information content (AvgIpc) is 2.97. The van der Waals surface area contributed by atoms with Crippen molar-refractivity contribution in [3.8, 4) is 0 Å². The van der Waals surface area contributed by atoms with Crippen LogP contribution in [0.15, 0.2) is 12.4 Å². The third-order valence-electron chi connectivity index (χ3n) is 3.54. The van der Waals surface area contributed by atoms with Crippen molar-refractivity contribution < 1.29 is 14.7 Å². The lowest BCUT2D eigenvalue weighted by Gasteiger charge is -2.17. The van der Waals surface area contributed by atoms with Gasteiger partial charge in [-0.3, -0.25) is 9.48 Å². The number of hydrogen-bond donors (Lipinski definition) is 3. The minimum atomic E-state index is -0.847. The molecule has 7 nitrogen and oxygen atoms in total. The summed E-state index contributed by atoms with van der Waals surface area (Å²) in [6.07, 6.45) is 5.46. The monoisotopic (exact) mass is 280 g/mol. The minimum absolute atomic E-state index is 0.222. The average molecular weight is 280 g/mol. The van der Waals surface area contributed by atoms with Gasteiger partial charge in [0.1, 0.15) is 0 Å². The Kier molecular flexibility index (Phi) is 4.26. The van der Waals surface area contributed by atoms with E-state index >= 15 is 0 Å². The molecule has 1 aromatic heterocycles. The summed E-state index contributed by atoms with van der Waals surface area (Å²) < 4.78 is 1.74. The second-order valence-corrected chi connectivity index (χ2v) is 5.38. The van der Waals surface area contributed by atoms with E-state index in [1.54, 1.807) is 17.1 Å². The second-order valence-electron chi connectivity index (χ2n) is 5.38. The van der Waals surface area contributed by atoms with Crippen molar-refractivity contribution in [3.05, 3.63) is 12.4 Å². The van der Waals surface area contributed by atoms with Crippen LogP contribution in [0.3, 0.4) is 0 Å². The molecule has 7 heteroatoms. The van der Waals surface area contributed by atoms with Crippen LogP contribution in [0, 0.1) is 5.92 Å². The maximum Gasteiger partial charge on any atom is 0.319 e. The lowest BCUT2D eigenvalue weighted by atomic mass is 10.0. The molecule has 0 radical (unpaired) electrons. The fourth-order valence-electron chi connectivity index (χ4n) is 2.45. The summed E-state index contributed by atoms with van der Waals surface area (Å²) in [4.78, 5) is 22.9. The first-order chi connectivity index (χ1) is 9.47. The normalized spacial score (nSPS) is 21.9. The van der Waals surface area contributed by atoms with E-state index in [4.69, 9.17) is 5.11 Å². The van der Waals surface area contributed by atoms with Gasteiger partial charge in [-0.1, -0.05) is 6.42 Å². The van der Waals surface area contributed by atoms with Crippen LogP contribution < -0.4 is 10.6 Å². The van der Waals surface area contributed by atoms with Crippen molar-refractivity contribution in [1.82, 2.24) is 15.1 Å². The number of hydrogen-bond acceptors (Lipinski definition) is 3. The summed E-state index contributed by atoms with van der Waals surface area (Å²) in [5.74, 6) is -1.33. The van der Waals surface area contributed by atoms with Gasteiger partial charge in [-0.25, -0.2) is 4.79 Å². The summed E-state index contributed by atoms with van der Waals surface area (Å²) in [5.41, 5.74) is 0.598. The molecule has 1 saturated carbocycles. The first-order valence-corrected chi connectivity index (χ1v) is 6.82. The number of aliphatic carboxylic acids is 1. The Bertz CT molecular complexity index is 498. The fraction of sp³-hybridized carbons (Fsp3) is 0.615. The molecule has 1 aromatic rings. The molecule has 0 saturated heterocycles. The Labute approximate surface area is 117 Å². The van der Waals surface area contributed by atoms with Gasteiger partial charge in [-0.2, -0.15) is 5.10 Å². The van der Waals surface area contributed by atoms with Crippen LogP contribution >= 0.6 is 0 Å². The first kappa shape index (κ1) is 14.4. The van der Waals surface area contributed by atoms with Gasteiger partial charge in [-0.15, -0.1) is 0 Å². The summed E-state index contributed by atoms with van der Waals surface area (Å²) in [6.45, 7) is 3.99. The lowest BCUT2D eigenvalue weighted by molar-refractivity contribution is -0.142. The summed E-state index contributed by atoms with van der Waals surface area (Å²) in [5, 5.41) is 18.6. The fourth-order valence-corrected chi connectivity index (χ4v) is 2.45. The van der Waals surface area contributed by atoms with Crippen molar-refractivity contribution >= 4 is 17.7 Å². The molecule has 110 valence electrons. The van der Waals surface area contributed by atoms with Crippen molar-refractivity contribution in [3.63, 3.8) is 0 Å². The largest absolute Gasteiger partial charge is 0.481 e. The van der Waals surface area contributed by atoms with Crippen LogP contribution in [0.4, 0.5) is 10.5 Å². The zero-order valence-corrected chi connectivity index (χ0v) is 11.7. The van der Waals surface area contributed by atoms with Crippen LogP contribution in [0.2, 0.25) is 0 Å². The molecular formula is C13H20N4O3. The highest BCUT2D eigenvalue weighted by Crippen LogP contribution is 2.25. The van der Waals surface area contributed by atoms with Gasteiger partial charge in [0.15, 0.2) is 0 Å². The van der Waals surface area contributed by atoms with E-state index in [2.05, 4.69) is 15.7 Å². The molecule has 1 aliphatic rings. The Hall–Kier alpha value is -2.05. The highest BCUT2D eigenvalue weighted by molar-refractivity contribution is 5.89. The number of carboxylic acids is 1. The Balaban J connectivity index is 1.90. The van der Waals surface area contributed by atoms with E-state index in [0.29, 0.717) is 18.5 Å². The number of carboxylic acid groups (broad SMARTS) is 1. The molecule has 20 heavy (non-hydrogen) atoms. The molecule has 0 bridgehead atoms. The Morgan fingerprint density at radius 1 is 1.45 bits per heavy atom. The summed E-state index contributed by atoms with van der Waals surface area (Å²) in [7, 11) is 0. The van der Waals surface area contributed by atoms with Gasteiger partial charge in [0.25, 0.3) is 0 Å². The highest BCUT2D eigenvalue weighted by Gasteiger charge is 2.33. The number of amides is 2. The van der Waals surface area contributed by atoms with Crippen molar-refractivity contribution in [2.24, 2.45) is 5.92 Å². The van der Waals surface area contributed by atoms with Gasteiger partial charge in [0.2, 0.25) is 0 Å². The van der Waals surface area contributed by atoms with Gasteiger partial charge >= 0.3 is 12.0 Å². The third-order valence-corrected chi connectivity index (χ3v) is 3.54. The zero-order chi connectivity index (χ0) is 14.7. The van der Waals surface area contributed by atoms with Gasteiger partial charge in [0.05, 0.1) is 17.8 Å². The number of rotatable bonds is 4. The van der Waals surface area contributed by atoms with Crippen LogP contribution in [0.5, 0.6) is 0 Å². The predicted molar refractivity (Wildman–Crippen MR) is 73.5 cm³/mol. The smallest absolute Gasteiger partial charge is 0.319 e. The molecular weight excluding hydrogens is 260 g/mol. The molecule has 3 N–H and O–H groups in total. The van der Waals surface area contributed by atoms with Crippen LogP contribution in [-0.2, 0) is 4.79 Å². The number of nitrogens with zero attached hydrogens (tertiary/aromatic N) is 2. The zero-order valence-electron chi connectivity index (χ0n) is 11.7. The quantitative estimate of drug-likeness (QED) is 0.784. The van der Waals surface area contributed by atoms with E-state index < -0.39 is 11.9 Å². The maximum atomic E-state index is 11.9.